The normalized spacial score (nSPS) is 15.6. The van der Waals surface area contributed by atoms with Gasteiger partial charge < -0.3 is 4.74 Å². The number of anilines is 1. The van der Waals surface area contributed by atoms with Gasteiger partial charge in [0.15, 0.2) is 5.78 Å². The number of unbranched alkanes of at least 4 members (excludes halogenated alkanes) is 2. The van der Waals surface area contributed by atoms with E-state index in [-0.39, 0.29) is 17.2 Å². The Morgan fingerprint density at radius 2 is 1.86 bits per heavy atom. The summed E-state index contributed by atoms with van der Waals surface area (Å²) in [4.78, 5) is 13.2. The molecule has 0 amide bonds. The number of carbonyl (C=O) groups is 1. The number of carbonyl (C=O) groups excluding carboxylic acids is 1. The largest absolute Gasteiger partial charge is 0.497 e. The first kappa shape index (κ1) is 20.1. The van der Waals surface area contributed by atoms with Gasteiger partial charge in [-0.25, -0.2) is 8.42 Å². The summed E-state index contributed by atoms with van der Waals surface area (Å²) < 4.78 is 33.3. The molecule has 0 aromatic heterocycles. The second-order valence-corrected chi connectivity index (χ2v) is 8.77. The first-order valence-electron chi connectivity index (χ1n) is 9.39. The third-order valence-electron chi connectivity index (χ3n) is 4.88. The number of methoxy groups -OCH3 is 1. The lowest BCUT2D eigenvalue weighted by Gasteiger charge is -2.31. The van der Waals surface area contributed by atoms with Crippen molar-refractivity contribution in [3.05, 3.63) is 65.2 Å². The summed E-state index contributed by atoms with van der Waals surface area (Å²) in [7, 11) is -2.28. The molecule has 0 radical (unpaired) electrons. The lowest BCUT2D eigenvalue weighted by atomic mass is 9.96. The lowest BCUT2D eigenvalue weighted by molar-refractivity contribution is 0.103. The SMILES string of the molecule is CCCC/C=C1\CN(S(=O)(=O)c2ccc(C)cc2)c2ccc(OC)cc2C1=O. The van der Waals surface area contributed by atoms with Gasteiger partial charge in [-0.3, -0.25) is 9.10 Å². The van der Waals surface area contributed by atoms with Crippen LogP contribution in [0, 0.1) is 6.92 Å². The maximum Gasteiger partial charge on any atom is 0.264 e. The average molecular weight is 400 g/mol. The molecular weight excluding hydrogens is 374 g/mol. The first-order valence-corrected chi connectivity index (χ1v) is 10.8. The van der Waals surface area contributed by atoms with Crippen LogP contribution in [-0.2, 0) is 10.0 Å². The summed E-state index contributed by atoms with van der Waals surface area (Å²) in [5.41, 5.74) is 2.23. The molecule has 0 spiro atoms. The Morgan fingerprint density at radius 3 is 2.50 bits per heavy atom. The number of nitrogens with zero attached hydrogens (tertiary/aromatic N) is 1. The Bertz CT molecular complexity index is 1010. The lowest BCUT2D eigenvalue weighted by Crippen LogP contribution is -2.39. The first-order chi connectivity index (χ1) is 13.4. The van der Waals surface area contributed by atoms with Gasteiger partial charge in [0.1, 0.15) is 5.75 Å². The minimum Gasteiger partial charge on any atom is -0.497 e. The van der Waals surface area contributed by atoms with Crippen LogP contribution in [0.5, 0.6) is 5.75 Å². The maximum absolute atomic E-state index is 13.4. The molecule has 0 N–H and O–H groups in total. The number of rotatable bonds is 6. The van der Waals surface area contributed by atoms with Crippen molar-refractivity contribution in [2.45, 2.75) is 38.0 Å². The van der Waals surface area contributed by atoms with Crippen molar-refractivity contribution < 1.29 is 17.9 Å². The molecule has 1 aliphatic rings. The number of hydrogen-bond acceptors (Lipinski definition) is 4. The van der Waals surface area contributed by atoms with Gasteiger partial charge in [-0.05, 0) is 43.7 Å². The van der Waals surface area contributed by atoms with Gasteiger partial charge in [-0.2, -0.15) is 0 Å². The summed E-state index contributed by atoms with van der Waals surface area (Å²) in [5, 5.41) is 0. The Labute approximate surface area is 166 Å². The highest BCUT2D eigenvalue weighted by molar-refractivity contribution is 7.92. The fourth-order valence-corrected chi connectivity index (χ4v) is 4.68. The summed E-state index contributed by atoms with van der Waals surface area (Å²) >= 11 is 0. The van der Waals surface area contributed by atoms with Crippen molar-refractivity contribution >= 4 is 21.5 Å². The standard InChI is InChI=1S/C22H25NO4S/c1-4-5-6-7-17-15-23(28(25,26)19-11-8-16(2)9-12-19)21-13-10-18(27-3)14-20(21)22(17)24/h7-14H,4-6,15H2,1-3H3/b17-7+. The van der Waals surface area contributed by atoms with Gasteiger partial charge in [0.05, 0.1) is 29.8 Å². The van der Waals surface area contributed by atoms with Crippen molar-refractivity contribution in [2.24, 2.45) is 0 Å². The number of benzene rings is 2. The Hall–Kier alpha value is -2.60. The van der Waals surface area contributed by atoms with Gasteiger partial charge in [-0.1, -0.05) is 43.5 Å². The van der Waals surface area contributed by atoms with E-state index >= 15 is 0 Å². The van der Waals surface area contributed by atoms with E-state index in [1.165, 1.54) is 11.4 Å². The van der Waals surface area contributed by atoms with Crippen LogP contribution in [0.3, 0.4) is 0 Å². The Kier molecular flexibility index (Phi) is 5.89. The number of Topliss-reactive ketones (excluding diaryl/α,β-unsaturated/α-hetero) is 1. The molecule has 0 aliphatic carbocycles. The number of fused-ring (bicyclic) bond motifs is 1. The zero-order valence-corrected chi connectivity index (χ0v) is 17.3. The second kappa shape index (κ2) is 8.19. The van der Waals surface area contributed by atoms with E-state index in [0.717, 1.165) is 24.8 Å². The minimum absolute atomic E-state index is 0.0398. The van der Waals surface area contributed by atoms with Gasteiger partial charge in [0.25, 0.3) is 10.0 Å². The molecule has 1 heterocycles. The van der Waals surface area contributed by atoms with E-state index in [4.69, 9.17) is 4.74 Å². The van der Waals surface area contributed by atoms with Crippen LogP contribution >= 0.6 is 0 Å². The number of sulfonamides is 1. The van der Waals surface area contributed by atoms with Crippen molar-refractivity contribution in [1.29, 1.82) is 0 Å². The van der Waals surface area contributed by atoms with E-state index in [2.05, 4.69) is 6.92 Å². The summed E-state index contributed by atoms with van der Waals surface area (Å²) in [6, 6.07) is 11.7. The van der Waals surface area contributed by atoms with Crippen molar-refractivity contribution in [3.8, 4) is 5.75 Å². The zero-order valence-electron chi connectivity index (χ0n) is 16.4. The monoisotopic (exact) mass is 399 g/mol. The maximum atomic E-state index is 13.4. The van der Waals surface area contributed by atoms with Crippen LogP contribution in [0.1, 0.15) is 42.1 Å². The highest BCUT2D eigenvalue weighted by Crippen LogP contribution is 2.36. The van der Waals surface area contributed by atoms with E-state index < -0.39 is 10.0 Å². The average Bonchev–Trinajstić information content (AvgIpc) is 2.69. The molecule has 5 nitrogen and oxygen atoms in total. The molecule has 2 aromatic rings. The van der Waals surface area contributed by atoms with E-state index in [9.17, 15) is 13.2 Å². The molecule has 0 saturated heterocycles. The van der Waals surface area contributed by atoms with E-state index in [1.807, 2.05) is 13.0 Å². The number of hydrogen-bond donors (Lipinski definition) is 0. The number of allylic oxidation sites excluding steroid dienone is 1. The zero-order chi connectivity index (χ0) is 20.3. The molecule has 2 aromatic carbocycles. The molecule has 148 valence electrons. The smallest absolute Gasteiger partial charge is 0.264 e. The molecule has 6 heteroatoms. The molecule has 0 atom stereocenters. The highest BCUT2D eigenvalue weighted by Gasteiger charge is 2.35. The molecule has 0 saturated carbocycles. The fourth-order valence-electron chi connectivity index (χ4n) is 3.22. The van der Waals surface area contributed by atoms with Gasteiger partial charge in [0, 0.05) is 5.57 Å². The molecule has 28 heavy (non-hydrogen) atoms. The van der Waals surface area contributed by atoms with Gasteiger partial charge in [0.2, 0.25) is 0 Å². The van der Waals surface area contributed by atoms with Crippen LogP contribution in [-0.4, -0.2) is 27.9 Å². The van der Waals surface area contributed by atoms with Crippen LogP contribution in [0.2, 0.25) is 0 Å². The second-order valence-electron chi connectivity index (χ2n) is 6.91. The molecule has 0 bridgehead atoms. The predicted octanol–water partition coefficient (Wildman–Crippen LogP) is 4.51. The van der Waals surface area contributed by atoms with Crippen LogP contribution in [0.25, 0.3) is 0 Å². The summed E-state index contributed by atoms with van der Waals surface area (Å²) in [6.07, 6.45) is 4.57. The molecular formula is C22H25NO4S. The minimum atomic E-state index is -3.80. The van der Waals surface area contributed by atoms with Crippen molar-refractivity contribution in [3.63, 3.8) is 0 Å². The van der Waals surface area contributed by atoms with Crippen LogP contribution in [0.4, 0.5) is 5.69 Å². The predicted molar refractivity (Wildman–Crippen MR) is 111 cm³/mol. The quantitative estimate of drug-likeness (QED) is 0.529. The third-order valence-corrected chi connectivity index (χ3v) is 6.65. The van der Waals surface area contributed by atoms with Crippen molar-refractivity contribution in [1.82, 2.24) is 0 Å². The summed E-state index contributed by atoms with van der Waals surface area (Å²) in [6.45, 7) is 4.03. The fraction of sp³-hybridized carbons (Fsp3) is 0.318. The molecule has 3 rings (SSSR count). The van der Waals surface area contributed by atoms with Crippen LogP contribution < -0.4 is 9.04 Å². The van der Waals surface area contributed by atoms with E-state index in [0.29, 0.717) is 22.6 Å². The van der Waals surface area contributed by atoms with Crippen molar-refractivity contribution in [2.75, 3.05) is 18.0 Å². The third kappa shape index (κ3) is 3.83. The number of aryl methyl sites for hydroxylation is 1. The number of ether oxygens (including phenoxy) is 1. The van der Waals surface area contributed by atoms with Gasteiger partial charge >= 0.3 is 0 Å². The van der Waals surface area contributed by atoms with Gasteiger partial charge in [-0.15, -0.1) is 0 Å². The highest BCUT2D eigenvalue weighted by atomic mass is 32.2. The molecule has 0 fully saturated rings. The molecule has 0 unspecified atom stereocenters. The van der Waals surface area contributed by atoms with Crippen LogP contribution in [0.15, 0.2) is 59.0 Å². The number of ketones is 1. The molecule has 1 aliphatic heterocycles. The van der Waals surface area contributed by atoms with E-state index in [1.54, 1.807) is 42.5 Å². The Morgan fingerprint density at radius 1 is 1.14 bits per heavy atom. The summed E-state index contributed by atoms with van der Waals surface area (Å²) in [5.74, 6) is 0.384. The topological polar surface area (TPSA) is 63.7 Å². The Balaban J connectivity index is 2.12.